The number of aromatic nitrogens is 1. The fraction of sp³-hybridized carbons (Fsp3) is 0.200. The summed E-state index contributed by atoms with van der Waals surface area (Å²) in [6.07, 6.45) is 3.27. The molecule has 122 valence electrons. The monoisotopic (exact) mass is 446 g/mol. The smallest absolute Gasteiger partial charge is 0.0512 e. The van der Waals surface area contributed by atoms with E-state index in [9.17, 15) is 0 Å². The lowest BCUT2D eigenvalue weighted by Gasteiger charge is -2.05. The third-order valence-corrected chi connectivity index (χ3v) is 6.13. The van der Waals surface area contributed by atoms with Crippen molar-refractivity contribution in [2.24, 2.45) is 5.73 Å². The molecule has 2 aromatic heterocycles. The zero-order valence-corrected chi connectivity index (χ0v) is 16.3. The molecule has 0 saturated heterocycles. The van der Waals surface area contributed by atoms with Crippen molar-refractivity contribution in [3.05, 3.63) is 57.0 Å². The van der Waals surface area contributed by atoms with Crippen molar-refractivity contribution >= 4 is 54.9 Å². The predicted molar refractivity (Wildman–Crippen MR) is 114 cm³/mol. The normalized spacial score (nSPS) is 11.6. The minimum atomic E-state index is 0.761. The summed E-state index contributed by atoms with van der Waals surface area (Å²) in [6, 6.07) is 15.3. The molecule has 0 saturated carbocycles. The van der Waals surface area contributed by atoms with Crippen molar-refractivity contribution in [2.45, 2.75) is 19.3 Å². The minimum absolute atomic E-state index is 0.761. The van der Waals surface area contributed by atoms with Gasteiger partial charge in [-0.25, -0.2) is 0 Å². The van der Waals surface area contributed by atoms with Gasteiger partial charge in [0, 0.05) is 35.5 Å². The van der Waals surface area contributed by atoms with E-state index in [1.807, 2.05) is 11.3 Å². The highest BCUT2D eigenvalue weighted by molar-refractivity contribution is 14.1. The molecule has 0 aliphatic carbocycles. The van der Waals surface area contributed by atoms with Crippen molar-refractivity contribution in [1.29, 1.82) is 0 Å². The van der Waals surface area contributed by atoms with Gasteiger partial charge in [0.15, 0.2) is 0 Å². The maximum atomic E-state index is 5.70. The lowest BCUT2D eigenvalue weighted by atomic mass is 10.00. The SMILES string of the molecule is NCCCCc1c(-c2csc3ccccc23)[nH]c2ccc(I)cc12. The fourth-order valence-electron chi connectivity index (χ4n) is 3.33. The van der Waals surface area contributed by atoms with Gasteiger partial charge in [-0.1, -0.05) is 18.2 Å². The zero-order valence-electron chi connectivity index (χ0n) is 13.3. The number of nitrogens with one attached hydrogen (secondary N) is 1. The summed E-state index contributed by atoms with van der Waals surface area (Å²) in [5.41, 5.74) is 11.0. The average Bonchev–Trinajstić information content (AvgIpc) is 3.16. The molecule has 0 fully saturated rings. The fourth-order valence-corrected chi connectivity index (χ4v) is 4.77. The Bertz CT molecular complexity index is 999. The van der Waals surface area contributed by atoms with E-state index >= 15 is 0 Å². The third-order valence-electron chi connectivity index (χ3n) is 4.50. The highest BCUT2D eigenvalue weighted by atomic mass is 127. The van der Waals surface area contributed by atoms with Gasteiger partial charge in [-0.2, -0.15) is 0 Å². The summed E-state index contributed by atoms with van der Waals surface area (Å²) >= 11 is 4.21. The Kier molecular flexibility index (Phi) is 4.61. The van der Waals surface area contributed by atoms with Gasteiger partial charge < -0.3 is 10.7 Å². The van der Waals surface area contributed by atoms with Crippen molar-refractivity contribution < 1.29 is 0 Å². The van der Waals surface area contributed by atoms with E-state index in [2.05, 4.69) is 75.4 Å². The Hall–Kier alpha value is -1.37. The van der Waals surface area contributed by atoms with Gasteiger partial charge in [-0.3, -0.25) is 0 Å². The molecule has 0 radical (unpaired) electrons. The van der Waals surface area contributed by atoms with Crippen LogP contribution in [0.3, 0.4) is 0 Å². The first-order valence-electron chi connectivity index (χ1n) is 8.24. The molecular weight excluding hydrogens is 427 g/mol. The molecule has 0 aliphatic rings. The van der Waals surface area contributed by atoms with E-state index in [-0.39, 0.29) is 0 Å². The van der Waals surface area contributed by atoms with Crippen LogP contribution in [-0.4, -0.2) is 11.5 Å². The van der Waals surface area contributed by atoms with Crippen LogP contribution < -0.4 is 5.73 Å². The van der Waals surface area contributed by atoms with Crippen LogP contribution in [0.4, 0.5) is 0 Å². The molecule has 0 amide bonds. The first-order valence-corrected chi connectivity index (χ1v) is 10.2. The van der Waals surface area contributed by atoms with Crippen molar-refractivity contribution in [3.8, 4) is 11.3 Å². The van der Waals surface area contributed by atoms with Crippen LogP contribution in [0.5, 0.6) is 0 Å². The summed E-state index contributed by atoms with van der Waals surface area (Å²) in [5, 5.41) is 4.97. The van der Waals surface area contributed by atoms with Crippen LogP contribution in [0.2, 0.25) is 0 Å². The van der Waals surface area contributed by atoms with E-state index < -0.39 is 0 Å². The molecule has 0 aliphatic heterocycles. The Morgan fingerprint density at radius 1 is 1.04 bits per heavy atom. The third kappa shape index (κ3) is 2.87. The molecule has 4 heteroatoms. The summed E-state index contributed by atoms with van der Waals surface area (Å²) in [5.74, 6) is 0. The summed E-state index contributed by atoms with van der Waals surface area (Å²) in [6.45, 7) is 0.761. The number of aryl methyl sites for hydroxylation is 1. The second-order valence-electron chi connectivity index (χ2n) is 6.06. The number of unbranched alkanes of at least 4 members (excludes halogenated alkanes) is 1. The van der Waals surface area contributed by atoms with Gasteiger partial charge >= 0.3 is 0 Å². The molecule has 4 rings (SSSR count). The number of hydrogen-bond acceptors (Lipinski definition) is 2. The van der Waals surface area contributed by atoms with Crippen LogP contribution in [0, 0.1) is 3.57 Å². The second kappa shape index (κ2) is 6.86. The molecule has 0 atom stereocenters. The maximum absolute atomic E-state index is 5.70. The van der Waals surface area contributed by atoms with Gasteiger partial charge in [-0.05, 0) is 78.2 Å². The van der Waals surface area contributed by atoms with E-state index in [1.54, 1.807) is 0 Å². The van der Waals surface area contributed by atoms with E-state index in [4.69, 9.17) is 5.73 Å². The highest BCUT2D eigenvalue weighted by Gasteiger charge is 2.16. The number of thiophene rings is 1. The van der Waals surface area contributed by atoms with E-state index in [1.165, 1.54) is 41.4 Å². The standard InChI is InChI=1S/C20H19IN2S/c21-13-8-9-18-16(11-13)15(6-3-4-10-22)20(23-18)17-12-24-19-7-2-1-5-14(17)19/h1-2,5,7-9,11-12,23H,3-4,6,10,22H2. The number of benzene rings is 2. The van der Waals surface area contributed by atoms with Gasteiger partial charge in [0.1, 0.15) is 0 Å². The summed E-state index contributed by atoms with van der Waals surface area (Å²) in [7, 11) is 0. The Labute approximate surface area is 159 Å². The molecule has 4 aromatic rings. The molecule has 0 bridgehead atoms. The molecule has 3 N–H and O–H groups in total. The molecular formula is C20H19IN2S. The van der Waals surface area contributed by atoms with Gasteiger partial charge in [0.2, 0.25) is 0 Å². The predicted octanol–water partition coefficient (Wildman–Crippen LogP) is 5.94. The Balaban J connectivity index is 1.91. The topological polar surface area (TPSA) is 41.8 Å². The van der Waals surface area contributed by atoms with E-state index in [0.29, 0.717) is 0 Å². The van der Waals surface area contributed by atoms with Crippen LogP contribution in [0.25, 0.3) is 32.2 Å². The molecule has 0 unspecified atom stereocenters. The van der Waals surface area contributed by atoms with E-state index in [0.717, 1.165) is 25.8 Å². The van der Waals surface area contributed by atoms with Gasteiger partial charge in [-0.15, -0.1) is 11.3 Å². The van der Waals surface area contributed by atoms with Crippen molar-refractivity contribution in [3.63, 3.8) is 0 Å². The number of fused-ring (bicyclic) bond motifs is 2. The number of hydrogen-bond donors (Lipinski definition) is 2. The van der Waals surface area contributed by atoms with Crippen LogP contribution in [0.15, 0.2) is 47.8 Å². The van der Waals surface area contributed by atoms with Crippen molar-refractivity contribution in [2.75, 3.05) is 6.54 Å². The summed E-state index contributed by atoms with van der Waals surface area (Å²) in [4.78, 5) is 3.68. The first-order chi connectivity index (χ1) is 11.8. The second-order valence-corrected chi connectivity index (χ2v) is 8.22. The lowest BCUT2D eigenvalue weighted by molar-refractivity contribution is 0.748. The largest absolute Gasteiger partial charge is 0.354 e. The number of aromatic amines is 1. The van der Waals surface area contributed by atoms with Gasteiger partial charge in [0.25, 0.3) is 0 Å². The van der Waals surface area contributed by atoms with Gasteiger partial charge in [0.05, 0.1) is 5.69 Å². The van der Waals surface area contributed by atoms with Crippen LogP contribution in [-0.2, 0) is 6.42 Å². The Morgan fingerprint density at radius 2 is 1.92 bits per heavy atom. The molecule has 24 heavy (non-hydrogen) atoms. The summed E-state index contributed by atoms with van der Waals surface area (Å²) < 4.78 is 2.62. The molecule has 2 heterocycles. The highest BCUT2D eigenvalue weighted by Crippen LogP contribution is 2.38. The number of halogens is 1. The van der Waals surface area contributed by atoms with Crippen LogP contribution >= 0.6 is 33.9 Å². The minimum Gasteiger partial charge on any atom is -0.354 e. The number of H-pyrrole nitrogens is 1. The maximum Gasteiger partial charge on any atom is 0.0512 e. The lowest BCUT2D eigenvalue weighted by Crippen LogP contribution is -1.99. The molecule has 2 aromatic carbocycles. The van der Waals surface area contributed by atoms with Crippen molar-refractivity contribution in [1.82, 2.24) is 4.98 Å². The zero-order chi connectivity index (χ0) is 16.5. The molecule has 2 nitrogen and oxygen atoms in total. The quantitative estimate of drug-likeness (QED) is 0.289. The number of rotatable bonds is 5. The Morgan fingerprint density at radius 3 is 2.79 bits per heavy atom. The number of nitrogens with two attached hydrogens (primary N) is 1. The molecule has 0 spiro atoms. The first kappa shape index (κ1) is 16.1. The average molecular weight is 446 g/mol. The van der Waals surface area contributed by atoms with Crippen LogP contribution in [0.1, 0.15) is 18.4 Å².